The van der Waals surface area contributed by atoms with Gasteiger partial charge in [-0.2, -0.15) is 0 Å². The lowest BCUT2D eigenvalue weighted by Gasteiger charge is -2.54. The van der Waals surface area contributed by atoms with E-state index < -0.39 is 288 Å². The van der Waals surface area contributed by atoms with Crippen LogP contribution in [0.5, 0.6) is 0 Å². The van der Waals surface area contributed by atoms with E-state index in [0.29, 0.717) is 47.4 Å². The maximum Gasteiger partial charge on any atom is 0.407 e. The molecule has 6 aromatic rings. The number of nitrogens with one attached hydrogen (secondary N) is 3. The number of amides is 3. The Labute approximate surface area is 888 Å². The highest BCUT2D eigenvalue weighted by molar-refractivity contribution is 6.74. The fraction of sp³-hybridized carbons (Fsp3) is 0.558. The molecule has 46 heteroatoms. The second kappa shape index (κ2) is 54.7. The quantitative estimate of drug-likeness (QED) is 0.00778. The van der Waals surface area contributed by atoms with Crippen molar-refractivity contribution in [3.8, 4) is 0 Å². The molecule has 0 saturated carbocycles. The summed E-state index contributed by atoms with van der Waals surface area (Å²) in [5, 5.41) is 33.6. The third-order valence-corrected chi connectivity index (χ3v) is 31.3. The van der Waals surface area contributed by atoms with Crippen LogP contribution in [0.3, 0.4) is 0 Å². The van der Waals surface area contributed by atoms with Crippen molar-refractivity contribution in [2.75, 3.05) is 66.3 Å². The number of hydrogen-bond donors (Lipinski definition) is 5. The maximum absolute atomic E-state index is 16.4. The summed E-state index contributed by atoms with van der Waals surface area (Å²) in [6.45, 7) is 8.49. The number of unbranched alkanes of at least 4 members (excludes halogenated alkanes) is 2. The van der Waals surface area contributed by atoms with Gasteiger partial charge >= 0.3 is 60.1 Å². The molecule has 0 spiro atoms. The number of aliphatic hydroxyl groups is 2. The van der Waals surface area contributed by atoms with Crippen molar-refractivity contribution in [3.63, 3.8) is 0 Å². The molecule has 7 fully saturated rings. The van der Waals surface area contributed by atoms with Crippen LogP contribution in [0.15, 0.2) is 182 Å². The Hall–Kier alpha value is -9.92. The number of methoxy groups -OCH3 is 2. The number of carbonyl (C=O) groups is 10. The van der Waals surface area contributed by atoms with Crippen molar-refractivity contribution in [2.45, 2.75) is 300 Å². The Morgan fingerprint density at radius 3 is 1.46 bits per heavy atom. The third kappa shape index (κ3) is 31.9. The van der Waals surface area contributed by atoms with Crippen molar-refractivity contribution in [1.29, 1.82) is 0 Å². The monoisotopic (exact) mass is 2200 g/mol. The van der Waals surface area contributed by atoms with Crippen molar-refractivity contribution in [1.82, 2.24) is 16.0 Å². The number of esters is 7. The van der Waals surface area contributed by atoms with Gasteiger partial charge in [0.25, 0.3) is 11.6 Å². The molecule has 0 aliphatic carbocycles. The second-order valence-corrected chi connectivity index (χ2v) is 45.9. The Morgan fingerprint density at radius 1 is 0.493 bits per heavy atom. The standard InChI is InChI=1S/C104H129Cl4N3O38Si/c1-60(112)129-57-75-81(131-51-66-37-23-14-24-38-66)87(149-150(10,11)101(5,6)7)79(111-98(121)134-59-104(106,107)108)93(138-75)144-84-74(56-127-50-65-35-21-13-22-36-65)140-95(145-83-73(55-126-49-64-33-19-12-20-34-64)139-94(128-46-32-18-31-45-105)90(133-53-68-41-27-16-28-42-68)88(83)132-52-67-39-25-15-26-40-67)91(143-92(118)69-43-29-17-30-44-69)89(84)148-103(97(120)125-9)48-72-77(109-99(122)142-72)85(146-103)80(117)70(116)54-135-102(96(119)124-8)47-71-78(110-100(123)141-71)86(147-102)82(137-63(4)115)76(136-62(3)114)58-130-61(2)113/h12-17,19-30,33-44,70-91,93-95,116-117H,18,31-32,45-59H2,1-11H3,(H,109,122)(H,110,123)(H,111,121)/t70-,71+,72+,73-,74-,75-,76-,77-,78-,79-,80-,81+,82-,83-,84+,85-,86-,87-,88?,89+,90-,91-,93+,94-,95+,102-,103+/m1/s1. The summed E-state index contributed by atoms with van der Waals surface area (Å²) in [7, 11) is -1.54. The molecule has 6 aromatic carbocycles. The molecule has 27 atom stereocenters. The molecular weight excluding hydrogens is 2070 g/mol. The van der Waals surface area contributed by atoms with Crippen LogP contribution in [0.1, 0.15) is 119 Å². The molecule has 0 bridgehead atoms. The molecule has 5 N–H and O–H groups in total. The summed E-state index contributed by atoms with van der Waals surface area (Å²) >= 11 is 25.3. The number of carbonyl (C=O) groups excluding carboxylic acids is 10. The van der Waals surface area contributed by atoms with E-state index in [2.05, 4.69) is 16.0 Å². The van der Waals surface area contributed by atoms with E-state index in [1.807, 2.05) is 125 Å². The predicted molar refractivity (Wildman–Crippen MR) is 530 cm³/mol. The van der Waals surface area contributed by atoms with Crippen LogP contribution in [0, 0.1) is 0 Å². The van der Waals surface area contributed by atoms with E-state index in [0.717, 1.165) is 47.5 Å². The fourth-order valence-electron chi connectivity index (χ4n) is 18.0. The number of hydrogen-bond acceptors (Lipinski definition) is 38. The van der Waals surface area contributed by atoms with Crippen molar-refractivity contribution in [3.05, 3.63) is 215 Å². The highest BCUT2D eigenvalue weighted by atomic mass is 35.6. The molecule has 13 rings (SSSR count). The van der Waals surface area contributed by atoms with Gasteiger partial charge in [0.15, 0.2) is 45.5 Å². The normalized spacial score (nSPS) is 28.5. The van der Waals surface area contributed by atoms with Crippen LogP contribution in [-0.4, -0.2) is 313 Å². The van der Waals surface area contributed by atoms with Gasteiger partial charge in [0.05, 0.1) is 104 Å². The van der Waals surface area contributed by atoms with Crippen LogP contribution in [0.25, 0.3) is 0 Å². The average molecular weight is 2200 g/mol. The van der Waals surface area contributed by atoms with E-state index in [9.17, 15) is 43.8 Å². The van der Waals surface area contributed by atoms with Gasteiger partial charge in [-0.15, -0.1) is 11.6 Å². The maximum atomic E-state index is 16.4. The third-order valence-electron chi connectivity index (χ3n) is 26.2. The predicted octanol–water partition coefficient (Wildman–Crippen LogP) is 11.0. The van der Waals surface area contributed by atoms with Gasteiger partial charge in [-0.3, -0.25) is 19.2 Å². The lowest BCUT2D eigenvalue weighted by molar-refractivity contribution is -0.402. The summed E-state index contributed by atoms with van der Waals surface area (Å²) in [5.41, 5.74) is 3.16. The van der Waals surface area contributed by atoms with Gasteiger partial charge in [0, 0.05) is 40.2 Å². The Bertz CT molecular complexity index is 5350. The minimum absolute atomic E-state index is 0.0231. The topological polar surface area (TPSA) is 487 Å². The van der Waals surface area contributed by atoms with E-state index in [1.54, 1.807) is 66.7 Å². The molecule has 41 nitrogen and oxygen atoms in total. The van der Waals surface area contributed by atoms with Crippen LogP contribution in [-0.2, 0) is 185 Å². The van der Waals surface area contributed by atoms with Crippen LogP contribution in [0.4, 0.5) is 14.4 Å². The van der Waals surface area contributed by atoms with Crippen molar-refractivity contribution < 1.29 is 181 Å². The molecule has 820 valence electrons. The number of aliphatic hydroxyl groups excluding tert-OH is 2. The highest BCUT2D eigenvalue weighted by Gasteiger charge is 2.68. The second-order valence-electron chi connectivity index (χ2n) is 38.2. The Morgan fingerprint density at radius 2 is 0.953 bits per heavy atom. The molecule has 3 amide bonds. The average Bonchev–Trinajstić information content (AvgIpc) is 1.49. The van der Waals surface area contributed by atoms with Gasteiger partial charge < -0.3 is 149 Å². The number of alkyl halides is 4. The number of alkyl carbamates (subject to hydrolysis) is 3. The minimum atomic E-state index is -3.36. The molecule has 0 aromatic heterocycles. The molecule has 7 heterocycles. The van der Waals surface area contributed by atoms with Crippen molar-refractivity contribution >= 4 is 115 Å². The first-order chi connectivity index (χ1) is 71.7. The number of halogens is 4. The number of ether oxygens (including phenoxy) is 25. The van der Waals surface area contributed by atoms with E-state index in [4.69, 9.17) is 169 Å². The number of rotatable bonds is 50. The van der Waals surface area contributed by atoms with E-state index in [1.165, 1.54) is 24.3 Å². The van der Waals surface area contributed by atoms with Gasteiger partial charge in [-0.05, 0) is 77.3 Å². The molecule has 150 heavy (non-hydrogen) atoms. The first-order valence-electron chi connectivity index (χ1n) is 49.1. The Balaban J connectivity index is 1.02. The first kappa shape index (κ1) is 117. The van der Waals surface area contributed by atoms with Gasteiger partial charge in [-0.25, -0.2) is 28.8 Å². The molecule has 0 radical (unpaired) electrons. The highest BCUT2D eigenvalue weighted by Crippen LogP contribution is 2.48. The van der Waals surface area contributed by atoms with Gasteiger partial charge in [0.2, 0.25) is 3.79 Å². The Kier molecular flexibility index (Phi) is 42.8. The lowest BCUT2D eigenvalue weighted by atomic mass is 9.88. The number of benzene rings is 6. The summed E-state index contributed by atoms with van der Waals surface area (Å²) in [4.78, 5) is 142. The SMILES string of the molecule is COC(=O)[C@@]1(OC[C@@H](O)[C@@H](O)[C@@H]2O[C@@](O[C@H]3[C@@H](O[C@@H]4O[C@H](COC(C)=O)[C@H](OCc5ccccc5)[C@H](O[Si](C)(C)C(C)(C)C)[C@H]4NC(=O)OCC(Cl)(Cl)Cl)[C@@H](COCc4ccccc4)O[C@@H](O[C@H]4C(OCc5ccccc5)[C@@H](OCc5ccccc5)[C@H](OCCCCCCl)O[C@@H]4COCc4ccccc4)[C@@H]3OC(=O)c3ccccc3)(C(=O)OC)C[C@@H]3OC(=O)N[C@@H]23)C[C@@H]2OC(=O)N[C@H]2[C@H]([C@H](OC(C)=O)[C@@H](COC(C)=O)OC(C)=O)O1. The fourth-order valence-corrected chi connectivity index (χ4v) is 19.7. The molecular formula is C104H129Cl4N3O38Si. The zero-order valence-corrected chi connectivity index (χ0v) is 88.6. The summed E-state index contributed by atoms with van der Waals surface area (Å²) in [5.74, 6) is -13.7. The minimum Gasteiger partial charge on any atom is -0.465 e. The first-order valence-corrected chi connectivity index (χ1v) is 53.7. The molecule has 1 unspecified atom stereocenters. The van der Waals surface area contributed by atoms with E-state index >= 15 is 14.4 Å². The summed E-state index contributed by atoms with van der Waals surface area (Å²) in [6.07, 6.45) is -44.4. The molecule has 7 aliphatic heterocycles. The molecule has 7 saturated heterocycles. The van der Waals surface area contributed by atoms with Gasteiger partial charge in [0.1, 0.15) is 117 Å². The lowest BCUT2D eigenvalue weighted by Crippen LogP contribution is -2.72. The van der Waals surface area contributed by atoms with Gasteiger partial charge in [-0.1, -0.05) is 225 Å². The summed E-state index contributed by atoms with van der Waals surface area (Å²) in [6, 6.07) is 47.9. The zero-order valence-electron chi connectivity index (χ0n) is 84.6. The zero-order chi connectivity index (χ0) is 108. The van der Waals surface area contributed by atoms with Crippen LogP contribution in [0.2, 0.25) is 18.1 Å². The summed E-state index contributed by atoms with van der Waals surface area (Å²) < 4.78 is 170. The number of fused-ring (bicyclic) bond motifs is 2. The van der Waals surface area contributed by atoms with E-state index in [-0.39, 0.29) is 51.8 Å². The molecule has 7 aliphatic rings. The van der Waals surface area contributed by atoms with Crippen molar-refractivity contribution in [2.24, 2.45) is 0 Å². The smallest absolute Gasteiger partial charge is 0.407 e. The van der Waals surface area contributed by atoms with Crippen LogP contribution >= 0.6 is 46.4 Å². The largest absolute Gasteiger partial charge is 0.465 e. The van der Waals surface area contributed by atoms with Crippen LogP contribution < -0.4 is 16.0 Å².